The molecule has 0 bridgehead atoms. The van der Waals surface area contributed by atoms with Gasteiger partial charge < -0.3 is 4.74 Å². The van der Waals surface area contributed by atoms with Crippen molar-refractivity contribution in [3.8, 4) is 18.1 Å². The predicted molar refractivity (Wildman–Crippen MR) is 54.9 cm³/mol. The minimum atomic E-state index is 0.759. The van der Waals surface area contributed by atoms with Gasteiger partial charge in [0.05, 0.1) is 6.61 Å². The van der Waals surface area contributed by atoms with Crippen LogP contribution >= 0.6 is 0 Å². The van der Waals surface area contributed by atoms with Crippen molar-refractivity contribution in [2.75, 3.05) is 6.61 Å². The molecule has 0 saturated heterocycles. The van der Waals surface area contributed by atoms with E-state index < -0.39 is 0 Å². The average molecular weight is 174 g/mol. The molecule has 1 aromatic carbocycles. The summed E-state index contributed by atoms with van der Waals surface area (Å²) in [6.45, 7) is 4.84. The van der Waals surface area contributed by atoms with Gasteiger partial charge in [-0.15, -0.1) is 6.42 Å². The fraction of sp³-hybridized carbons (Fsp3) is 0.333. The standard InChI is InChI=1S/C12H14O/c1-4-8-13-12-7-6-11(5-2)10(3)9-12/h2,6-7,9H,4,8H2,1,3H3. The molecule has 0 fully saturated rings. The molecule has 1 rings (SSSR count). The summed E-state index contributed by atoms with van der Waals surface area (Å²) in [5.41, 5.74) is 2.03. The Balaban J connectivity index is 2.79. The lowest BCUT2D eigenvalue weighted by molar-refractivity contribution is 0.317. The lowest BCUT2D eigenvalue weighted by Crippen LogP contribution is -1.95. The second-order valence-electron chi connectivity index (χ2n) is 2.97. The molecule has 0 amide bonds. The zero-order valence-electron chi connectivity index (χ0n) is 8.13. The van der Waals surface area contributed by atoms with Crippen LogP contribution in [0.25, 0.3) is 0 Å². The van der Waals surface area contributed by atoms with Crippen molar-refractivity contribution in [2.45, 2.75) is 20.3 Å². The first-order valence-electron chi connectivity index (χ1n) is 4.48. The quantitative estimate of drug-likeness (QED) is 0.640. The fourth-order valence-corrected chi connectivity index (χ4v) is 1.11. The van der Waals surface area contributed by atoms with Gasteiger partial charge in [-0.1, -0.05) is 12.8 Å². The number of hydrogen-bond acceptors (Lipinski definition) is 1. The average Bonchev–Trinajstić information content (AvgIpc) is 2.15. The summed E-state index contributed by atoms with van der Waals surface area (Å²) >= 11 is 0. The van der Waals surface area contributed by atoms with E-state index in [1.165, 1.54) is 0 Å². The molecule has 0 aromatic heterocycles. The Bertz CT molecular complexity index is 320. The van der Waals surface area contributed by atoms with Crippen LogP contribution in [-0.2, 0) is 0 Å². The molecule has 0 radical (unpaired) electrons. The first kappa shape index (κ1) is 9.67. The van der Waals surface area contributed by atoms with Crippen LogP contribution in [0.3, 0.4) is 0 Å². The zero-order chi connectivity index (χ0) is 9.68. The number of benzene rings is 1. The Labute approximate surface area is 79.7 Å². The molecular weight excluding hydrogens is 160 g/mol. The maximum atomic E-state index is 5.47. The van der Waals surface area contributed by atoms with E-state index in [4.69, 9.17) is 11.2 Å². The second-order valence-corrected chi connectivity index (χ2v) is 2.97. The normalized spacial score (nSPS) is 9.31. The van der Waals surface area contributed by atoms with Crippen LogP contribution in [0.4, 0.5) is 0 Å². The van der Waals surface area contributed by atoms with Crippen molar-refractivity contribution in [2.24, 2.45) is 0 Å². The third-order valence-electron chi connectivity index (χ3n) is 1.83. The van der Waals surface area contributed by atoms with Gasteiger partial charge in [-0.05, 0) is 37.1 Å². The summed E-state index contributed by atoms with van der Waals surface area (Å²) in [5.74, 6) is 3.52. The fourth-order valence-electron chi connectivity index (χ4n) is 1.11. The summed E-state index contributed by atoms with van der Waals surface area (Å²) in [4.78, 5) is 0. The summed E-state index contributed by atoms with van der Waals surface area (Å²) < 4.78 is 5.47. The van der Waals surface area contributed by atoms with Crippen molar-refractivity contribution in [3.63, 3.8) is 0 Å². The van der Waals surface area contributed by atoms with E-state index in [-0.39, 0.29) is 0 Å². The van der Waals surface area contributed by atoms with Crippen LogP contribution in [0.1, 0.15) is 24.5 Å². The predicted octanol–water partition coefficient (Wildman–Crippen LogP) is 2.77. The van der Waals surface area contributed by atoms with E-state index in [1.54, 1.807) is 0 Å². The molecule has 13 heavy (non-hydrogen) atoms. The van der Waals surface area contributed by atoms with Crippen LogP contribution in [0.5, 0.6) is 5.75 Å². The van der Waals surface area contributed by atoms with Crippen molar-refractivity contribution in [1.82, 2.24) is 0 Å². The van der Waals surface area contributed by atoms with Gasteiger partial charge in [0.25, 0.3) is 0 Å². The zero-order valence-corrected chi connectivity index (χ0v) is 8.13. The lowest BCUT2D eigenvalue weighted by Gasteiger charge is -2.05. The molecule has 0 spiro atoms. The monoisotopic (exact) mass is 174 g/mol. The van der Waals surface area contributed by atoms with Crippen LogP contribution in [-0.4, -0.2) is 6.61 Å². The summed E-state index contributed by atoms with van der Waals surface area (Å²) in [7, 11) is 0. The Morgan fingerprint density at radius 1 is 1.46 bits per heavy atom. The first-order valence-corrected chi connectivity index (χ1v) is 4.48. The molecular formula is C12H14O. The van der Waals surface area contributed by atoms with Crippen molar-refractivity contribution < 1.29 is 4.74 Å². The molecule has 1 heteroatoms. The molecule has 0 N–H and O–H groups in total. The number of hydrogen-bond donors (Lipinski definition) is 0. The van der Waals surface area contributed by atoms with Crippen molar-refractivity contribution in [3.05, 3.63) is 29.3 Å². The lowest BCUT2D eigenvalue weighted by atomic mass is 10.1. The van der Waals surface area contributed by atoms with E-state index in [1.807, 2.05) is 25.1 Å². The molecule has 1 nitrogen and oxygen atoms in total. The molecule has 68 valence electrons. The van der Waals surface area contributed by atoms with Crippen LogP contribution < -0.4 is 4.74 Å². The van der Waals surface area contributed by atoms with Crippen LogP contribution in [0, 0.1) is 19.3 Å². The Kier molecular flexibility index (Phi) is 3.40. The van der Waals surface area contributed by atoms with Gasteiger partial charge in [0.1, 0.15) is 5.75 Å². The minimum Gasteiger partial charge on any atom is -0.494 e. The Morgan fingerprint density at radius 3 is 2.77 bits per heavy atom. The van der Waals surface area contributed by atoms with E-state index >= 15 is 0 Å². The van der Waals surface area contributed by atoms with Gasteiger partial charge in [0.2, 0.25) is 0 Å². The molecule has 0 aliphatic carbocycles. The summed E-state index contributed by atoms with van der Waals surface area (Å²) in [5, 5.41) is 0. The van der Waals surface area contributed by atoms with Gasteiger partial charge in [-0.3, -0.25) is 0 Å². The highest BCUT2D eigenvalue weighted by Gasteiger charge is 1.97. The number of aryl methyl sites for hydroxylation is 1. The third-order valence-corrected chi connectivity index (χ3v) is 1.83. The summed E-state index contributed by atoms with van der Waals surface area (Å²) in [6.07, 6.45) is 6.33. The third kappa shape index (κ3) is 2.52. The van der Waals surface area contributed by atoms with Gasteiger partial charge in [-0.2, -0.15) is 0 Å². The molecule has 0 aliphatic heterocycles. The van der Waals surface area contributed by atoms with E-state index in [0.29, 0.717) is 0 Å². The van der Waals surface area contributed by atoms with Gasteiger partial charge in [0.15, 0.2) is 0 Å². The second kappa shape index (κ2) is 4.57. The molecule has 0 atom stereocenters. The van der Waals surface area contributed by atoms with Crippen LogP contribution in [0.15, 0.2) is 18.2 Å². The summed E-state index contributed by atoms with van der Waals surface area (Å²) in [6, 6.07) is 5.81. The molecule has 1 aromatic rings. The van der Waals surface area contributed by atoms with Gasteiger partial charge in [0, 0.05) is 5.56 Å². The molecule has 0 unspecified atom stereocenters. The van der Waals surface area contributed by atoms with Crippen LogP contribution in [0.2, 0.25) is 0 Å². The van der Waals surface area contributed by atoms with Crippen molar-refractivity contribution in [1.29, 1.82) is 0 Å². The SMILES string of the molecule is C#Cc1ccc(OCCC)cc1C. The Morgan fingerprint density at radius 2 is 2.23 bits per heavy atom. The van der Waals surface area contributed by atoms with Gasteiger partial charge in [-0.25, -0.2) is 0 Å². The van der Waals surface area contributed by atoms with E-state index in [0.717, 1.165) is 29.9 Å². The van der Waals surface area contributed by atoms with E-state index in [2.05, 4.69) is 12.8 Å². The minimum absolute atomic E-state index is 0.759. The largest absolute Gasteiger partial charge is 0.494 e. The smallest absolute Gasteiger partial charge is 0.119 e. The van der Waals surface area contributed by atoms with E-state index in [9.17, 15) is 0 Å². The number of terminal acetylenes is 1. The maximum absolute atomic E-state index is 5.47. The maximum Gasteiger partial charge on any atom is 0.119 e. The molecule has 0 saturated carbocycles. The highest BCUT2D eigenvalue weighted by Crippen LogP contribution is 2.16. The Hall–Kier alpha value is -1.42. The first-order chi connectivity index (χ1) is 6.27. The van der Waals surface area contributed by atoms with Gasteiger partial charge >= 0.3 is 0 Å². The highest BCUT2D eigenvalue weighted by atomic mass is 16.5. The van der Waals surface area contributed by atoms with Crippen molar-refractivity contribution >= 4 is 0 Å². The topological polar surface area (TPSA) is 9.23 Å². The molecule has 0 heterocycles. The molecule has 0 aliphatic rings. The number of rotatable bonds is 3. The highest BCUT2D eigenvalue weighted by molar-refractivity contribution is 5.43. The number of ether oxygens (including phenoxy) is 1.